The highest BCUT2D eigenvalue weighted by Gasteiger charge is 2.16. The molecule has 0 aliphatic rings. The van der Waals surface area contributed by atoms with Crippen LogP contribution in [0.5, 0.6) is 0 Å². The number of nitrogens with zero attached hydrogens (tertiary/aromatic N) is 3. The zero-order chi connectivity index (χ0) is 21.0. The Kier molecular flexibility index (Phi) is 5.48. The normalized spacial score (nSPS) is 10.8. The Hall–Kier alpha value is -3.48. The van der Waals surface area contributed by atoms with Gasteiger partial charge < -0.3 is 4.72 Å². The van der Waals surface area contributed by atoms with E-state index in [1.54, 1.807) is 12.4 Å². The van der Waals surface area contributed by atoms with Gasteiger partial charge in [0.25, 0.3) is 0 Å². The third-order valence-electron chi connectivity index (χ3n) is 4.91. The Bertz CT molecular complexity index is 1330. The lowest BCUT2D eigenvalue weighted by atomic mass is 10.0. The van der Waals surface area contributed by atoms with Crippen LogP contribution in [0.15, 0.2) is 108 Å². The van der Waals surface area contributed by atoms with Crippen molar-refractivity contribution in [2.24, 2.45) is 0 Å². The van der Waals surface area contributed by atoms with E-state index in [0.29, 0.717) is 4.99 Å². The number of fused-ring (bicyclic) bond motifs is 1. The van der Waals surface area contributed by atoms with Gasteiger partial charge in [-0.25, -0.2) is 4.98 Å². The molecular formula is C25H18N4S2. The number of benzene rings is 2. The van der Waals surface area contributed by atoms with Crippen molar-refractivity contribution in [3.05, 3.63) is 109 Å². The maximum atomic E-state index is 5.58. The molecule has 150 valence electrons. The summed E-state index contributed by atoms with van der Waals surface area (Å²) in [5.41, 5.74) is 5.97. The van der Waals surface area contributed by atoms with Gasteiger partial charge in [0.2, 0.25) is 0 Å². The summed E-state index contributed by atoms with van der Waals surface area (Å²) in [6, 6.07) is 28.4. The number of hydrogen-bond donors (Lipinski definition) is 1. The second-order valence-electron chi connectivity index (χ2n) is 6.90. The van der Waals surface area contributed by atoms with Crippen molar-refractivity contribution < 1.29 is 0 Å². The first-order valence-electron chi connectivity index (χ1n) is 9.80. The maximum Gasteiger partial charge on any atom is 0.137 e. The van der Waals surface area contributed by atoms with Gasteiger partial charge in [0, 0.05) is 40.2 Å². The van der Waals surface area contributed by atoms with E-state index in [2.05, 4.69) is 26.2 Å². The third-order valence-corrected chi connectivity index (χ3v) is 6.19. The van der Waals surface area contributed by atoms with E-state index in [1.165, 1.54) is 11.9 Å². The number of thiocarbonyl (C=S) groups is 1. The zero-order valence-electron chi connectivity index (χ0n) is 16.5. The second kappa shape index (κ2) is 8.71. The quantitative estimate of drug-likeness (QED) is 0.268. The van der Waals surface area contributed by atoms with Crippen LogP contribution in [0.2, 0.25) is 0 Å². The molecule has 0 atom stereocenters. The van der Waals surface area contributed by atoms with Gasteiger partial charge in [0.05, 0.1) is 11.4 Å². The van der Waals surface area contributed by atoms with Gasteiger partial charge in [0.1, 0.15) is 10.6 Å². The van der Waals surface area contributed by atoms with Crippen LogP contribution < -0.4 is 4.72 Å². The average molecular weight is 439 g/mol. The molecule has 3 heterocycles. The van der Waals surface area contributed by atoms with Crippen molar-refractivity contribution in [2.75, 3.05) is 0 Å². The number of nitrogens with one attached hydrogen (secondary N) is 1. The molecule has 5 aromatic rings. The Morgan fingerprint density at radius 1 is 0.806 bits per heavy atom. The minimum absolute atomic E-state index is 0.699. The van der Waals surface area contributed by atoms with Gasteiger partial charge in [-0.3, -0.25) is 9.38 Å². The molecule has 6 heteroatoms. The van der Waals surface area contributed by atoms with Crippen LogP contribution >= 0.6 is 24.2 Å². The molecule has 0 bridgehead atoms. The van der Waals surface area contributed by atoms with E-state index in [9.17, 15) is 0 Å². The standard InChI is InChI=1S/C25H18N4S2/c30-25(28-31-21-6-2-1-3-7-21)20-11-9-18(10-12-20)23-24(19-13-15-26-16-14-19)29-17-5-4-8-22(29)27-23/h1-17H,(H,28,30). The fourth-order valence-corrected chi connectivity index (χ4v) is 4.30. The molecule has 4 nitrogen and oxygen atoms in total. The molecule has 0 aliphatic carbocycles. The molecule has 31 heavy (non-hydrogen) atoms. The zero-order valence-corrected chi connectivity index (χ0v) is 18.1. The molecule has 0 radical (unpaired) electrons. The summed E-state index contributed by atoms with van der Waals surface area (Å²) in [6.45, 7) is 0. The highest BCUT2D eigenvalue weighted by atomic mass is 32.2. The average Bonchev–Trinajstić information content (AvgIpc) is 3.23. The molecular weight excluding hydrogens is 420 g/mol. The van der Waals surface area contributed by atoms with Crippen molar-refractivity contribution in [2.45, 2.75) is 4.90 Å². The summed E-state index contributed by atoms with van der Waals surface area (Å²) >= 11 is 7.09. The van der Waals surface area contributed by atoms with Crippen molar-refractivity contribution >= 4 is 34.8 Å². The highest BCUT2D eigenvalue weighted by Crippen LogP contribution is 2.32. The smallest absolute Gasteiger partial charge is 0.137 e. The van der Waals surface area contributed by atoms with Crippen molar-refractivity contribution in [1.29, 1.82) is 0 Å². The molecule has 0 fully saturated rings. The molecule has 0 amide bonds. The highest BCUT2D eigenvalue weighted by molar-refractivity contribution is 7.99. The summed E-state index contributed by atoms with van der Waals surface area (Å²) < 4.78 is 5.37. The van der Waals surface area contributed by atoms with Gasteiger partial charge >= 0.3 is 0 Å². The molecule has 0 aliphatic heterocycles. The minimum atomic E-state index is 0.699. The Morgan fingerprint density at radius 2 is 1.55 bits per heavy atom. The third kappa shape index (κ3) is 4.08. The van der Waals surface area contributed by atoms with Crippen molar-refractivity contribution in [1.82, 2.24) is 19.1 Å². The molecule has 0 saturated heterocycles. The van der Waals surface area contributed by atoms with Crippen LogP contribution in [0.25, 0.3) is 28.2 Å². The molecule has 5 rings (SSSR count). The Balaban J connectivity index is 1.45. The van der Waals surface area contributed by atoms with E-state index < -0.39 is 0 Å². The number of rotatable bonds is 5. The lowest BCUT2D eigenvalue weighted by molar-refractivity contribution is 1.19. The summed E-state index contributed by atoms with van der Waals surface area (Å²) in [7, 11) is 0. The Morgan fingerprint density at radius 3 is 2.32 bits per heavy atom. The lowest BCUT2D eigenvalue weighted by Gasteiger charge is -2.09. The first-order valence-corrected chi connectivity index (χ1v) is 11.0. The van der Waals surface area contributed by atoms with Crippen molar-refractivity contribution in [3.63, 3.8) is 0 Å². The maximum absolute atomic E-state index is 5.58. The van der Waals surface area contributed by atoms with Crippen LogP contribution in [0.3, 0.4) is 0 Å². The predicted molar refractivity (Wildman–Crippen MR) is 131 cm³/mol. The number of pyridine rings is 2. The molecule has 2 aromatic carbocycles. The summed E-state index contributed by atoms with van der Waals surface area (Å²) in [6.07, 6.45) is 5.65. The van der Waals surface area contributed by atoms with E-state index in [-0.39, 0.29) is 0 Å². The molecule has 3 aromatic heterocycles. The fraction of sp³-hybridized carbons (Fsp3) is 0. The predicted octanol–water partition coefficient (Wildman–Crippen LogP) is 6.04. The van der Waals surface area contributed by atoms with Crippen LogP contribution in [-0.2, 0) is 0 Å². The van der Waals surface area contributed by atoms with Crippen molar-refractivity contribution in [3.8, 4) is 22.5 Å². The molecule has 0 spiro atoms. The number of aromatic nitrogens is 3. The molecule has 0 saturated carbocycles. The van der Waals surface area contributed by atoms with Crippen LogP contribution in [0.1, 0.15) is 5.56 Å². The monoisotopic (exact) mass is 438 g/mol. The van der Waals surface area contributed by atoms with Crippen LogP contribution in [0, 0.1) is 0 Å². The van der Waals surface area contributed by atoms with Gasteiger partial charge in [-0.2, -0.15) is 0 Å². The number of imidazole rings is 1. The van der Waals surface area contributed by atoms with Crippen LogP contribution in [0.4, 0.5) is 0 Å². The van der Waals surface area contributed by atoms with Crippen LogP contribution in [-0.4, -0.2) is 19.4 Å². The van der Waals surface area contributed by atoms with E-state index in [4.69, 9.17) is 17.2 Å². The van der Waals surface area contributed by atoms with E-state index in [0.717, 1.165) is 38.6 Å². The fourth-order valence-electron chi connectivity index (χ4n) is 3.41. The van der Waals surface area contributed by atoms with Gasteiger partial charge in [-0.1, -0.05) is 60.7 Å². The summed E-state index contributed by atoms with van der Waals surface area (Å²) in [5, 5.41) is 0. The SMILES string of the molecule is S=C(NSc1ccccc1)c1ccc(-c2nc3ccccn3c2-c2ccncc2)cc1. The minimum Gasteiger partial charge on any atom is -0.316 e. The van der Waals surface area contributed by atoms with Gasteiger partial charge in [-0.15, -0.1) is 0 Å². The summed E-state index contributed by atoms with van der Waals surface area (Å²) in [4.78, 5) is 10.9. The summed E-state index contributed by atoms with van der Waals surface area (Å²) in [5.74, 6) is 0. The van der Waals surface area contributed by atoms with Gasteiger partial charge in [-0.05, 0) is 48.3 Å². The van der Waals surface area contributed by atoms with E-state index in [1.807, 2.05) is 79.0 Å². The topological polar surface area (TPSA) is 42.2 Å². The van der Waals surface area contributed by atoms with E-state index >= 15 is 0 Å². The molecule has 1 N–H and O–H groups in total. The lowest BCUT2D eigenvalue weighted by Crippen LogP contribution is -2.14. The Labute approximate surface area is 190 Å². The van der Waals surface area contributed by atoms with Gasteiger partial charge in [0.15, 0.2) is 0 Å². The largest absolute Gasteiger partial charge is 0.316 e. The second-order valence-corrected chi connectivity index (χ2v) is 8.19. The molecule has 0 unspecified atom stereocenters. The first-order chi connectivity index (χ1) is 15.3. The number of hydrogen-bond acceptors (Lipinski definition) is 4. The first kappa shape index (κ1) is 19.5.